The van der Waals surface area contributed by atoms with Crippen molar-refractivity contribution in [3.63, 3.8) is 0 Å². The fraction of sp³-hybridized carbons (Fsp3) is 0. The van der Waals surface area contributed by atoms with Crippen molar-refractivity contribution in [1.82, 2.24) is 15.0 Å². The predicted octanol–water partition coefficient (Wildman–Crippen LogP) is 3.63. The third-order valence-corrected chi connectivity index (χ3v) is 4.34. The van der Waals surface area contributed by atoms with Gasteiger partial charge in [0.25, 0.3) is 0 Å². The minimum Gasteiger partial charge on any atom is -0.710 e. The number of aromatic nitrogens is 3. The second kappa shape index (κ2) is 5.66. The van der Waals surface area contributed by atoms with Crippen molar-refractivity contribution in [2.75, 3.05) is 0 Å². The summed E-state index contributed by atoms with van der Waals surface area (Å²) in [5, 5.41) is 23.3. The molecule has 0 saturated carbocycles. The van der Waals surface area contributed by atoms with Crippen LogP contribution in [-0.4, -0.2) is 25.6 Å². The lowest BCUT2D eigenvalue weighted by Gasteiger charge is -2.12. The molecule has 23 heavy (non-hydrogen) atoms. The van der Waals surface area contributed by atoms with Crippen molar-refractivity contribution in [3.05, 3.63) is 82.2 Å². The van der Waals surface area contributed by atoms with Crippen LogP contribution >= 0.6 is 11.3 Å². The number of hydrogen-bond acceptors (Lipinski definition) is 4. The second-order valence-electron chi connectivity index (χ2n) is 4.92. The Kier molecular flexibility index (Phi) is 3.36. The molecule has 0 aliphatic rings. The summed E-state index contributed by atoms with van der Waals surface area (Å²) in [5.41, 5.74) is 2.10. The maximum Gasteiger partial charge on any atom is 0.330 e. The number of rotatable bonds is 2. The van der Waals surface area contributed by atoms with Gasteiger partial charge in [-0.15, -0.1) is 16.4 Å². The van der Waals surface area contributed by atoms with Crippen LogP contribution in [0.3, 0.4) is 0 Å². The summed E-state index contributed by atoms with van der Waals surface area (Å²) in [6.45, 7) is 0. The van der Waals surface area contributed by atoms with Crippen LogP contribution in [0.2, 0.25) is 0 Å². The third kappa shape index (κ3) is 2.39. The molecule has 0 unspecified atom stereocenters. The largest absolute Gasteiger partial charge is 0.710 e. The zero-order valence-electron chi connectivity index (χ0n) is 12.0. The predicted molar refractivity (Wildman–Crippen MR) is 91.1 cm³/mol. The average molecular weight is 320 g/mol. The molecule has 0 amide bonds. The Morgan fingerprint density at radius 2 is 1.74 bits per heavy atom. The lowest BCUT2D eigenvalue weighted by molar-refractivity contribution is -0.362. The van der Waals surface area contributed by atoms with Gasteiger partial charge in [0.05, 0.1) is 0 Å². The van der Waals surface area contributed by atoms with E-state index >= 15 is 0 Å². The van der Waals surface area contributed by atoms with Crippen molar-refractivity contribution >= 4 is 33.9 Å². The van der Waals surface area contributed by atoms with E-state index in [0.717, 1.165) is 20.6 Å². The summed E-state index contributed by atoms with van der Waals surface area (Å²) in [7, 11) is 0. The van der Waals surface area contributed by atoms with Gasteiger partial charge in [-0.25, -0.2) is 4.74 Å². The molecule has 6 heteroatoms. The molecule has 0 N–H and O–H groups in total. The standard InChI is InChI=1S/C17H12N4OS/c22-21(13-7-2-1-3-8-13)17(16-11-6-12-23-16)20-15-10-5-4-9-14(15)18-19-20/h1-12H/b21-17+. The van der Waals surface area contributed by atoms with Gasteiger partial charge in [0.2, 0.25) is 0 Å². The number of fused-ring (bicyclic) bond motifs is 1. The van der Waals surface area contributed by atoms with Crippen LogP contribution in [0.5, 0.6) is 0 Å². The molecule has 4 aromatic rings. The molecule has 5 nitrogen and oxygen atoms in total. The zero-order chi connectivity index (χ0) is 15.6. The van der Waals surface area contributed by atoms with Gasteiger partial charge >= 0.3 is 5.84 Å². The number of hydrogen-bond donors (Lipinski definition) is 0. The Labute approximate surface area is 136 Å². The molecular formula is C17H12N4OS. The number of benzene rings is 2. The first kappa shape index (κ1) is 13.7. The fourth-order valence-corrected chi connectivity index (χ4v) is 3.14. The summed E-state index contributed by atoms with van der Waals surface area (Å²) in [6.07, 6.45) is 0. The minimum absolute atomic E-state index is 0.444. The molecule has 0 saturated heterocycles. The first-order chi connectivity index (χ1) is 11.3. The van der Waals surface area contributed by atoms with Gasteiger partial charge in [0.15, 0.2) is 5.52 Å². The van der Waals surface area contributed by atoms with E-state index in [2.05, 4.69) is 10.3 Å². The van der Waals surface area contributed by atoms with E-state index in [1.54, 1.807) is 16.8 Å². The highest BCUT2D eigenvalue weighted by Gasteiger charge is 2.23. The highest BCUT2D eigenvalue weighted by Crippen LogP contribution is 2.19. The van der Waals surface area contributed by atoms with Crippen LogP contribution in [0.25, 0.3) is 11.0 Å². The molecule has 112 valence electrons. The summed E-state index contributed by atoms with van der Waals surface area (Å²) in [6, 6.07) is 20.5. The van der Waals surface area contributed by atoms with Gasteiger partial charge in [-0.3, -0.25) is 0 Å². The minimum atomic E-state index is 0.444. The van der Waals surface area contributed by atoms with Crippen molar-refractivity contribution in [1.29, 1.82) is 0 Å². The van der Waals surface area contributed by atoms with Gasteiger partial charge in [-0.05, 0) is 35.7 Å². The first-order valence-electron chi connectivity index (χ1n) is 7.08. The lowest BCUT2D eigenvalue weighted by Crippen LogP contribution is -2.22. The van der Waals surface area contributed by atoms with E-state index in [9.17, 15) is 5.21 Å². The molecule has 4 rings (SSSR count). The fourth-order valence-electron chi connectivity index (χ4n) is 2.41. The summed E-state index contributed by atoms with van der Waals surface area (Å²) in [4.78, 5) is 0.833. The Hall–Kier alpha value is -2.99. The van der Waals surface area contributed by atoms with Crippen LogP contribution in [0.4, 0.5) is 5.69 Å². The quantitative estimate of drug-likeness (QED) is 0.186. The van der Waals surface area contributed by atoms with Crippen LogP contribution in [0, 0.1) is 5.21 Å². The zero-order valence-corrected chi connectivity index (χ0v) is 12.9. The van der Waals surface area contributed by atoms with Gasteiger partial charge in [0, 0.05) is 5.21 Å². The van der Waals surface area contributed by atoms with Crippen LogP contribution in [0.15, 0.2) is 72.1 Å². The van der Waals surface area contributed by atoms with Gasteiger partial charge < -0.3 is 5.21 Å². The molecule has 0 bridgehead atoms. The monoisotopic (exact) mass is 320 g/mol. The van der Waals surface area contributed by atoms with E-state index in [1.165, 1.54) is 11.3 Å². The third-order valence-electron chi connectivity index (χ3n) is 3.48. The maximum absolute atomic E-state index is 13.0. The Morgan fingerprint density at radius 1 is 0.957 bits per heavy atom. The second-order valence-corrected chi connectivity index (χ2v) is 5.87. The average Bonchev–Trinajstić information content (AvgIpc) is 3.27. The normalized spacial score (nSPS) is 12.3. The van der Waals surface area contributed by atoms with E-state index in [4.69, 9.17) is 0 Å². The highest BCUT2D eigenvalue weighted by molar-refractivity contribution is 7.12. The highest BCUT2D eigenvalue weighted by atomic mass is 32.1. The van der Waals surface area contributed by atoms with E-state index in [-0.39, 0.29) is 0 Å². The van der Waals surface area contributed by atoms with Gasteiger partial charge in [-0.2, -0.15) is 0 Å². The Balaban J connectivity index is 2.01. The van der Waals surface area contributed by atoms with E-state index < -0.39 is 0 Å². The Morgan fingerprint density at radius 3 is 2.52 bits per heavy atom. The van der Waals surface area contributed by atoms with Gasteiger partial charge in [-0.1, -0.05) is 41.1 Å². The maximum atomic E-state index is 13.0. The summed E-state index contributed by atoms with van der Waals surface area (Å²) in [5.74, 6) is 0.444. The van der Waals surface area contributed by atoms with Crippen LogP contribution in [-0.2, 0) is 0 Å². The molecule has 0 atom stereocenters. The SMILES string of the molecule is [O-]/[N+](=C(\c1cccs1)n1nnc2ccccc21)c1ccccc1. The first-order valence-corrected chi connectivity index (χ1v) is 7.96. The number of thiophene rings is 1. The molecule has 2 aromatic heterocycles. The van der Waals surface area contributed by atoms with Gasteiger partial charge in [0.1, 0.15) is 16.1 Å². The topological polar surface area (TPSA) is 56.8 Å². The van der Waals surface area contributed by atoms with Crippen molar-refractivity contribution < 1.29 is 4.74 Å². The molecule has 0 spiro atoms. The van der Waals surface area contributed by atoms with Crippen LogP contribution in [0.1, 0.15) is 4.88 Å². The summed E-state index contributed by atoms with van der Waals surface area (Å²) < 4.78 is 2.49. The van der Waals surface area contributed by atoms with Crippen molar-refractivity contribution in [3.8, 4) is 0 Å². The van der Waals surface area contributed by atoms with E-state index in [1.807, 2.05) is 60.0 Å². The molecule has 0 radical (unpaired) electrons. The lowest BCUT2D eigenvalue weighted by atomic mass is 10.3. The molecule has 0 aliphatic heterocycles. The smallest absolute Gasteiger partial charge is 0.330 e. The molecular weight excluding hydrogens is 308 g/mol. The van der Waals surface area contributed by atoms with Crippen molar-refractivity contribution in [2.45, 2.75) is 0 Å². The number of para-hydroxylation sites is 2. The number of nitrogens with zero attached hydrogens (tertiary/aromatic N) is 4. The van der Waals surface area contributed by atoms with E-state index in [0.29, 0.717) is 11.5 Å². The molecule has 0 aliphatic carbocycles. The summed E-state index contributed by atoms with van der Waals surface area (Å²) >= 11 is 1.49. The molecule has 0 fully saturated rings. The Bertz CT molecular complexity index is 974. The molecule has 2 aromatic carbocycles. The molecule has 2 heterocycles. The van der Waals surface area contributed by atoms with Crippen LogP contribution < -0.4 is 0 Å². The van der Waals surface area contributed by atoms with Crippen molar-refractivity contribution in [2.24, 2.45) is 0 Å².